The van der Waals surface area contributed by atoms with Crippen molar-refractivity contribution in [1.82, 2.24) is 13.7 Å². The summed E-state index contributed by atoms with van der Waals surface area (Å²) >= 11 is 0. The third-order valence-corrected chi connectivity index (χ3v) is 8.95. The van der Waals surface area contributed by atoms with Gasteiger partial charge in [-0.25, -0.2) is 0 Å². The summed E-state index contributed by atoms with van der Waals surface area (Å²) in [6, 6.07) is -1.40. The highest BCUT2D eigenvalue weighted by Crippen LogP contribution is 2.41. The van der Waals surface area contributed by atoms with E-state index in [9.17, 15) is 16.4 Å². The highest BCUT2D eigenvalue weighted by atomic mass is 15.0. The summed E-state index contributed by atoms with van der Waals surface area (Å²) in [6.45, 7) is 0. The largest absolute Gasteiger partial charge is 0.309 e. The predicted molar refractivity (Wildman–Crippen MR) is 215 cm³/mol. The minimum atomic E-state index is -0.898. The Morgan fingerprint density at radius 3 is 1.49 bits per heavy atom. The summed E-state index contributed by atoms with van der Waals surface area (Å²) in [4.78, 5) is 0. The molecule has 3 nitrogen and oxygen atoms in total. The molecule has 0 aliphatic carbocycles. The van der Waals surface area contributed by atoms with Crippen LogP contribution in [0.1, 0.15) is 30.2 Å². The molecule has 3 aromatic heterocycles. The first-order valence-corrected chi connectivity index (χ1v) is 15.7. The molecule has 0 fully saturated rings. The number of para-hydroxylation sites is 5. The molecule has 0 N–H and O–H groups in total. The lowest BCUT2D eigenvalue weighted by molar-refractivity contribution is 1.17. The zero-order chi connectivity index (χ0) is 52.6. The van der Waals surface area contributed by atoms with E-state index in [2.05, 4.69) is 0 Å². The molecule has 0 bridgehead atoms. The number of nitrogens with zero attached hydrogens (tertiary/aromatic N) is 3. The Bertz CT molecular complexity index is 4400. The molecule has 11 aromatic rings. The Labute approximate surface area is 325 Å². The topological polar surface area (TPSA) is 14.8 Å². The highest BCUT2D eigenvalue weighted by molar-refractivity contribution is 6.17. The van der Waals surface area contributed by atoms with Crippen LogP contribution in [0.4, 0.5) is 0 Å². The Balaban J connectivity index is 1.38. The average molecular weight is 672 g/mol. The van der Waals surface area contributed by atoms with E-state index in [-0.39, 0.29) is 61.0 Å². The fourth-order valence-electron chi connectivity index (χ4n) is 6.84. The predicted octanol–water partition coefficient (Wildman–Crippen LogP) is 12.6. The van der Waals surface area contributed by atoms with Crippen LogP contribution in [0.15, 0.2) is 188 Å². The first-order valence-electron chi connectivity index (χ1n) is 26.7. The summed E-state index contributed by atoms with van der Waals surface area (Å²) < 4.78 is 206. The van der Waals surface area contributed by atoms with Gasteiger partial charge in [-0.05, 0) is 89.8 Å². The maximum atomic E-state index is 9.99. The fraction of sp³-hybridized carbons (Fsp3) is 0. The van der Waals surface area contributed by atoms with Crippen molar-refractivity contribution in [2.24, 2.45) is 0 Å². The minimum Gasteiger partial charge on any atom is -0.309 e. The maximum Gasteiger partial charge on any atom is 0.0645 e. The lowest BCUT2D eigenvalue weighted by Crippen LogP contribution is -1.96. The molecule has 0 saturated carbocycles. The molecule has 0 radical (unpaired) electrons. The van der Waals surface area contributed by atoms with Crippen LogP contribution in [0.5, 0.6) is 0 Å². The molecule has 51 heavy (non-hydrogen) atoms. The van der Waals surface area contributed by atoms with Gasteiger partial charge in [-0.2, -0.15) is 0 Å². The zero-order valence-electron chi connectivity index (χ0n) is 48.0. The van der Waals surface area contributed by atoms with Crippen LogP contribution in [-0.2, 0) is 0 Å². The molecule has 0 saturated heterocycles. The second-order valence-corrected chi connectivity index (χ2v) is 11.7. The fourth-order valence-corrected chi connectivity index (χ4v) is 6.84. The molecule has 0 unspecified atom stereocenters. The lowest BCUT2D eigenvalue weighted by atomic mass is 10.0. The van der Waals surface area contributed by atoms with Crippen LogP contribution in [-0.4, -0.2) is 13.7 Å². The van der Waals surface area contributed by atoms with Crippen LogP contribution in [0.2, 0.25) is 0 Å². The number of fused-ring (bicyclic) bond motifs is 9. The Kier molecular flexibility index (Phi) is 3.01. The van der Waals surface area contributed by atoms with Crippen molar-refractivity contribution >= 4 is 65.4 Å². The van der Waals surface area contributed by atoms with Crippen molar-refractivity contribution in [3.05, 3.63) is 188 Å². The molecule has 8 aromatic carbocycles. The number of benzene rings is 8. The van der Waals surface area contributed by atoms with Gasteiger partial charge in [-0.3, -0.25) is 0 Å². The van der Waals surface area contributed by atoms with Crippen molar-refractivity contribution < 1.29 is 30.2 Å². The first kappa shape index (κ1) is 14.2. The van der Waals surface area contributed by atoms with Gasteiger partial charge in [0.05, 0.1) is 68.9 Å². The SMILES string of the molecule is [2H]c1cccc(-n2c3c([2H])c([2H])c([2H])c([2H])c3c3c([2H])c(-c4c([2H])c([2H])c5c(c4[2H])c4c([2H])c([2H])c([2H])c([2H])c4n5-c4c([2H])c([2H])c([2H])c5c4c4c([2H])c([2H])c([2H])c([2H])c4n5-c4ccccc4)c([2H])c([2H])c32)c1. The van der Waals surface area contributed by atoms with Gasteiger partial charge in [-0.15, -0.1) is 0 Å². The van der Waals surface area contributed by atoms with Gasteiger partial charge in [0.1, 0.15) is 0 Å². The van der Waals surface area contributed by atoms with Gasteiger partial charge in [0.25, 0.3) is 0 Å². The minimum absolute atomic E-state index is 0.0148. The van der Waals surface area contributed by atoms with E-state index in [1.54, 1.807) is 30.3 Å². The van der Waals surface area contributed by atoms with Crippen molar-refractivity contribution in [3.8, 4) is 28.2 Å². The third-order valence-electron chi connectivity index (χ3n) is 8.95. The normalized spacial score (nSPS) is 18.0. The van der Waals surface area contributed by atoms with Crippen LogP contribution in [0, 0.1) is 0 Å². The molecule has 0 atom stereocenters. The summed E-state index contributed by atoms with van der Waals surface area (Å²) in [6.07, 6.45) is 0. The monoisotopic (exact) mass is 671 g/mol. The molecule has 238 valence electrons. The quantitative estimate of drug-likeness (QED) is 0.177. The van der Waals surface area contributed by atoms with E-state index in [1.807, 2.05) is 0 Å². The maximum absolute atomic E-state index is 9.99. The number of aromatic nitrogens is 3. The molecular weight excluding hydrogens is 619 g/mol. The van der Waals surface area contributed by atoms with Crippen molar-refractivity contribution in [1.29, 1.82) is 0 Å². The summed E-state index contributed by atoms with van der Waals surface area (Å²) in [5.74, 6) is 0. The summed E-state index contributed by atoms with van der Waals surface area (Å²) in [5, 5.41) is -2.05. The standard InChI is InChI=1S/C48H31N3/c1-3-14-34(15-4-1)49-41-21-10-7-18-36(41)39-30-32(26-28-44(39)49)33-27-29-45-40(31-33)37-19-8-11-22-42(37)51(45)47-25-13-24-46-48(47)38-20-9-12-23-43(38)50(46)35-16-5-2-6-17-35/h1-31H/i3D,7D,8D,9D,10D,11D,12D,13D,18D,19D,20D,21D,22D,23D,24D,25D,26D,27D,28D,29D,30D,31D. The van der Waals surface area contributed by atoms with E-state index < -0.39 is 166 Å². The summed E-state index contributed by atoms with van der Waals surface area (Å²) in [5.41, 5.74) is -3.24. The van der Waals surface area contributed by atoms with Gasteiger partial charge in [0, 0.05) is 43.7 Å². The van der Waals surface area contributed by atoms with Gasteiger partial charge in [0.2, 0.25) is 0 Å². The van der Waals surface area contributed by atoms with Crippen molar-refractivity contribution in [2.45, 2.75) is 0 Å². The van der Waals surface area contributed by atoms with Crippen LogP contribution in [0.3, 0.4) is 0 Å². The second kappa shape index (κ2) is 10.8. The van der Waals surface area contributed by atoms with E-state index in [0.717, 1.165) is 4.57 Å². The smallest absolute Gasteiger partial charge is 0.0645 e. The molecule has 0 aliphatic heterocycles. The van der Waals surface area contributed by atoms with E-state index in [0.29, 0.717) is 0 Å². The summed E-state index contributed by atoms with van der Waals surface area (Å²) in [7, 11) is 0. The molecule has 0 amide bonds. The number of hydrogen-bond acceptors (Lipinski definition) is 0. The van der Waals surface area contributed by atoms with Gasteiger partial charge >= 0.3 is 0 Å². The molecule has 11 rings (SSSR count). The molecular formula is C48H31N3. The average Bonchev–Trinajstić information content (AvgIpc) is 4.05. The van der Waals surface area contributed by atoms with Crippen molar-refractivity contribution in [3.63, 3.8) is 0 Å². The van der Waals surface area contributed by atoms with Crippen molar-refractivity contribution in [2.75, 3.05) is 0 Å². The Morgan fingerprint density at radius 1 is 0.333 bits per heavy atom. The van der Waals surface area contributed by atoms with Gasteiger partial charge in [0.15, 0.2) is 0 Å². The zero-order valence-corrected chi connectivity index (χ0v) is 26.0. The first-order chi connectivity index (χ1) is 34.5. The number of hydrogen-bond donors (Lipinski definition) is 0. The highest BCUT2D eigenvalue weighted by Gasteiger charge is 2.20. The van der Waals surface area contributed by atoms with Crippen LogP contribution < -0.4 is 0 Å². The van der Waals surface area contributed by atoms with Gasteiger partial charge < -0.3 is 13.7 Å². The van der Waals surface area contributed by atoms with E-state index in [1.165, 1.54) is 33.4 Å². The molecule has 0 aliphatic rings. The molecule has 3 heteroatoms. The van der Waals surface area contributed by atoms with Gasteiger partial charge in [-0.1, -0.05) is 109 Å². The lowest BCUT2D eigenvalue weighted by Gasteiger charge is -2.12. The van der Waals surface area contributed by atoms with Crippen LogP contribution in [0.25, 0.3) is 93.6 Å². The number of rotatable bonds is 4. The Morgan fingerprint density at radius 2 is 0.824 bits per heavy atom. The molecule has 0 spiro atoms. The van der Waals surface area contributed by atoms with E-state index >= 15 is 0 Å². The third kappa shape index (κ3) is 4.06. The Hall–Kier alpha value is -6.84. The van der Waals surface area contributed by atoms with E-state index in [4.69, 9.17) is 13.7 Å². The second-order valence-electron chi connectivity index (χ2n) is 11.7. The molecule has 3 heterocycles. The van der Waals surface area contributed by atoms with Crippen LogP contribution >= 0.6 is 0 Å².